The van der Waals surface area contributed by atoms with Crippen molar-refractivity contribution in [3.8, 4) is 0 Å². The Morgan fingerprint density at radius 1 is 1.05 bits per heavy atom. The van der Waals surface area contributed by atoms with E-state index >= 15 is 0 Å². The molecule has 4 unspecified atom stereocenters. The van der Waals surface area contributed by atoms with Gasteiger partial charge >= 0.3 is 0 Å². The van der Waals surface area contributed by atoms with Crippen LogP contribution in [0.1, 0.15) is 29.0 Å². The van der Waals surface area contributed by atoms with E-state index in [4.69, 9.17) is 0 Å². The predicted octanol–water partition coefficient (Wildman–Crippen LogP) is 5.73. The fraction of sp³-hybridized carbons (Fsp3) is 0.368. The average molecular weight is 406 g/mol. The highest BCUT2D eigenvalue weighted by Gasteiger charge is 2.55. The molecule has 0 saturated heterocycles. The first-order valence-corrected chi connectivity index (χ1v) is 9.41. The molecule has 0 aliphatic heterocycles. The van der Waals surface area contributed by atoms with Crippen LogP contribution in [0.15, 0.2) is 53.0 Å². The molecule has 2 aromatic rings. The molecule has 4 atom stereocenters. The van der Waals surface area contributed by atoms with Crippen LogP contribution >= 0.6 is 31.9 Å². The number of hydrogen-bond acceptors (Lipinski definition) is 0. The van der Waals surface area contributed by atoms with Gasteiger partial charge in [-0.3, -0.25) is 0 Å². The minimum absolute atomic E-state index is 0.597. The van der Waals surface area contributed by atoms with E-state index < -0.39 is 0 Å². The highest BCUT2D eigenvalue weighted by molar-refractivity contribution is 9.10. The third-order valence-corrected chi connectivity index (χ3v) is 6.62. The Balaban J connectivity index is 1.50. The minimum atomic E-state index is 0.597. The number of aryl methyl sites for hydroxylation is 1. The molecular weight excluding hydrogens is 388 g/mol. The molecule has 1 fully saturated rings. The summed E-state index contributed by atoms with van der Waals surface area (Å²) in [5.74, 6) is 2.52. The van der Waals surface area contributed by atoms with Crippen molar-refractivity contribution in [2.75, 3.05) is 0 Å². The lowest BCUT2D eigenvalue weighted by Crippen LogP contribution is -2.07. The molecule has 2 aromatic carbocycles. The van der Waals surface area contributed by atoms with Crippen molar-refractivity contribution in [2.45, 2.75) is 30.0 Å². The maximum absolute atomic E-state index is 3.99. The average Bonchev–Trinajstić information content (AvgIpc) is 3.25. The summed E-state index contributed by atoms with van der Waals surface area (Å²) in [5, 5.41) is 0. The molecule has 0 aromatic heterocycles. The Labute approximate surface area is 143 Å². The SMILES string of the molecule is Brc1ccc(CC(Br)C2C3CCc4ccccc4C32)cc1. The van der Waals surface area contributed by atoms with E-state index in [1.54, 1.807) is 11.1 Å². The Morgan fingerprint density at radius 3 is 2.62 bits per heavy atom. The second-order valence-electron chi connectivity index (χ2n) is 6.35. The number of halogens is 2. The molecule has 1 saturated carbocycles. The van der Waals surface area contributed by atoms with E-state index in [0.717, 1.165) is 28.6 Å². The Hall–Kier alpha value is -0.600. The Kier molecular flexibility index (Phi) is 3.71. The van der Waals surface area contributed by atoms with Gasteiger partial charge in [0.25, 0.3) is 0 Å². The van der Waals surface area contributed by atoms with Crippen molar-refractivity contribution in [3.05, 3.63) is 69.7 Å². The Bertz CT molecular complexity index is 647. The van der Waals surface area contributed by atoms with Crippen LogP contribution in [-0.2, 0) is 12.8 Å². The van der Waals surface area contributed by atoms with Gasteiger partial charge in [0.1, 0.15) is 0 Å². The zero-order chi connectivity index (χ0) is 14.4. The van der Waals surface area contributed by atoms with Crippen LogP contribution in [0, 0.1) is 11.8 Å². The summed E-state index contributed by atoms with van der Waals surface area (Å²) in [6.07, 6.45) is 3.77. The highest BCUT2D eigenvalue weighted by atomic mass is 79.9. The smallest absolute Gasteiger partial charge is 0.0223 e. The predicted molar refractivity (Wildman–Crippen MR) is 95.0 cm³/mol. The van der Waals surface area contributed by atoms with E-state index in [9.17, 15) is 0 Å². The maximum Gasteiger partial charge on any atom is 0.0223 e. The van der Waals surface area contributed by atoms with Crippen LogP contribution in [-0.4, -0.2) is 4.83 Å². The van der Waals surface area contributed by atoms with Gasteiger partial charge in [-0.15, -0.1) is 0 Å². The lowest BCUT2D eigenvalue weighted by molar-refractivity contribution is 0.617. The summed E-state index contributed by atoms with van der Waals surface area (Å²) in [6, 6.07) is 17.8. The van der Waals surface area contributed by atoms with E-state index in [2.05, 4.69) is 80.4 Å². The number of rotatable bonds is 3. The molecule has 0 heterocycles. The first-order chi connectivity index (χ1) is 10.2. The highest BCUT2D eigenvalue weighted by Crippen LogP contribution is 2.62. The normalized spacial score (nSPS) is 27.6. The summed E-state index contributed by atoms with van der Waals surface area (Å²) in [4.78, 5) is 0.597. The first-order valence-electron chi connectivity index (χ1n) is 7.70. The third kappa shape index (κ3) is 2.61. The monoisotopic (exact) mass is 404 g/mol. The van der Waals surface area contributed by atoms with E-state index in [-0.39, 0.29) is 0 Å². The van der Waals surface area contributed by atoms with Crippen LogP contribution in [0.4, 0.5) is 0 Å². The van der Waals surface area contributed by atoms with E-state index in [1.165, 1.54) is 18.4 Å². The van der Waals surface area contributed by atoms with Crippen LogP contribution in [0.5, 0.6) is 0 Å². The molecule has 0 radical (unpaired) electrons. The summed E-state index contributed by atoms with van der Waals surface area (Å²) in [6.45, 7) is 0. The maximum atomic E-state index is 3.99. The number of alkyl halides is 1. The van der Waals surface area contributed by atoms with Crippen LogP contribution in [0.3, 0.4) is 0 Å². The van der Waals surface area contributed by atoms with Crippen LogP contribution in [0.2, 0.25) is 0 Å². The quantitative estimate of drug-likeness (QED) is 0.572. The molecule has 0 N–H and O–H groups in total. The standard InChI is InChI=1S/C19H18Br2/c20-14-8-5-12(6-9-14)11-17(21)19-16-10-7-13-3-1-2-4-15(13)18(16)19/h1-6,8-9,16-19H,7,10-11H2. The second kappa shape index (κ2) is 5.55. The van der Waals surface area contributed by atoms with Crippen molar-refractivity contribution in [1.82, 2.24) is 0 Å². The van der Waals surface area contributed by atoms with Crippen molar-refractivity contribution < 1.29 is 0 Å². The van der Waals surface area contributed by atoms with Crippen molar-refractivity contribution in [1.29, 1.82) is 0 Å². The fourth-order valence-electron chi connectivity index (χ4n) is 4.09. The zero-order valence-electron chi connectivity index (χ0n) is 11.8. The minimum Gasteiger partial charge on any atom is -0.0884 e. The van der Waals surface area contributed by atoms with Gasteiger partial charge in [-0.05, 0) is 65.8 Å². The van der Waals surface area contributed by atoms with Gasteiger partial charge in [0.15, 0.2) is 0 Å². The molecule has 2 heteroatoms. The summed E-state index contributed by atoms with van der Waals surface area (Å²) >= 11 is 7.50. The molecule has 0 spiro atoms. The van der Waals surface area contributed by atoms with Crippen molar-refractivity contribution in [3.63, 3.8) is 0 Å². The lowest BCUT2D eigenvalue weighted by atomic mass is 9.92. The van der Waals surface area contributed by atoms with Crippen molar-refractivity contribution >= 4 is 31.9 Å². The molecule has 21 heavy (non-hydrogen) atoms. The molecule has 2 aliphatic carbocycles. The number of fused-ring (bicyclic) bond motifs is 3. The molecule has 0 bridgehead atoms. The second-order valence-corrected chi connectivity index (χ2v) is 8.44. The Morgan fingerprint density at radius 2 is 1.81 bits per heavy atom. The molecular formula is C19H18Br2. The lowest BCUT2D eigenvalue weighted by Gasteiger charge is -2.13. The van der Waals surface area contributed by atoms with Gasteiger partial charge in [0, 0.05) is 9.30 Å². The summed E-state index contributed by atoms with van der Waals surface area (Å²) < 4.78 is 1.16. The molecule has 108 valence electrons. The summed E-state index contributed by atoms with van der Waals surface area (Å²) in [7, 11) is 0. The molecule has 2 aliphatic rings. The van der Waals surface area contributed by atoms with Crippen LogP contribution < -0.4 is 0 Å². The fourth-order valence-corrected chi connectivity index (χ4v) is 5.45. The number of hydrogen-bond donors (Lipinski definition) is 0. The largest absolute Gasteiger partial charge is 0.0884 e. The first kappa shape index (κ1) is 14.0. The molecule has 4 rings (SSSR count). The van der Waals surface area contributed by atoms with Gasteiger partial charge < -0.3 is 0 Å². The van der Waals surface area contributed by atoms with E-state index in [0.29, 0.717) is 4.83 Å². The summed E-state index contributed by atoms with van der Waals surface area (Å²) in [5.41, 5.74) is 4.64. The third-order valence-electron chi connectivity index (χ3n) is 5.15. The van der Waals surface area contributed by atoms with Crippen molar-refractivity contribution in [2.24, 2.45) is 11.8 Å². The van der Waals surface area contributed by atoms with Gasteiger partial charge in [-0.25, -0.2) is 0 Å². The van der Waals surface area contributed by atoms with Gasteiger partial charge in [-0.1, -0.05) is 68.3 Å². The van der Waals surface area contributed by atoms with Gasteiger partial charge in [0.2, 0.25) is 0 Å². The number of benzene rings is 2. The van der Waals surface area contributed by atoms with Gasteiger partial charge in [-0.2, -0.15) is 0 Å². The zero-order valence-corrected chi connectivity index (χ0v) is 15.0. The topological polar surface area (TPSA) is 0 Å². The van der Waals surface area contributed by atoms with Gasteiger partial charge in [0.05, 0.1) is 0 Å². The molecule has 0 amide bonds. The molecule has 0 nitrogen and oxygen atoms in total. The van der Waals surface area contributed by atoms with E-state index in [1.807, 2.05) is 0 Å². The van der Waals surface area contributed by atoms with Crippen LogP contribution in [0.25, 0.3) is 0 Å².